The van der Waals surface area contributed by atoms with Crippen molar-refractivity contribution in [1.82, 2.24) is 5.32 Å². The summed E-state index contributed by atoms with van der Waals surface area (Å²) in [4.78, 5) is 0. The molecule has 18 heavy (non-hydrogen) atoms. The number of unbranched alkanes of at least 4 members (excludes halogenated alkanes) is 3. The highest BCUT2D eigenvalue weighted by Gasteiger charge is 2.40. The van der Waals surface area contributed by atoms with Crippen molar-refractivity contribution in [3.8, 4) is 24.3 Å². The van der Waals surface area contributed by atoms with Gasteiger partial charge in [-0.2, -0.15) is 21.0 Å². The van der Waals surface area contributed by atoms with Crippen LogP contribution in [0.4, 0.5) is 0 Å². The van der Waals surface area contributed by atoms with E-state index in [9.17, 15) is 0 Å². The maximum atomic E-state index is 8.91. The van der Waals surface area contributed by atoms with Gasteiger partial charge in [0.05, 0.1) is 6.07 Å². The van der Waals surface area contributed by atoms with Crippen molar-refractivity contribution in [3.05, 3.63) is 0 Å². The van der Waals surface area contributed by atoms with Gasteiger partial charge in [-0.05, 0) is 25.9 Å². The Balaban J connectivity index is 4.23. The molecule has 3 N–H and O–H groups in total. The number of nitrogens with two attached hydrogens (primary N) is 1. The summed E-state index contributed by atoms with van der Waals surface area (Å²) in [6.45, 7) is 1.16. The molecule has 0 radical (unpaired) electrons. The number of hydrogen-bond acceptors (Lipinski definition) is 6. The summed E-state index contributed by atoms with van der Waals surface area (Å²) in [6.07, 6.45) is 3.74. The molecular formula is C12H16N6. The van der Waals surface area contributed by atoms with Crippen molar-refractivity contribution in [2.24, 2.45) is 11.1 Å². The Bertz CT molecular complexity index is 366. The molecule has 0 spiro atoms. The summed E-state index contributed by atoms with van der Waals surface area (Å²) in [7, 11) is 0. The predicted octanol–water partition coefficient (Wildman–Crippen LogP) is 0.544. The van der Waals surface area contributed by atoms with Crippen LogP contribution < -0.4 is 11.1 Å². The van der Waals surface area contributed by atoms with E-state index >= 15 is 0 Å². The van der Waals surface area contributed by atoms with E-state index in [1.54, 1.807) is 24.3 Å². The average Bonchev–Trinajstić information content (AvgIpc) is 2.42. The van der Waals surface area contributed by atoms with E-state index in [0.717, 1.165) is 25.7 Å². The molecule has 0 saturated carbocycles. The maximum Gasteiger partial charge on any atom is 0.256 e. The van der Waals surface area contributed by atoms with Gasteiger partial charge in [-0.3, -0.25) is 5.32 Å². The number of nitrogens with one attached hydrogen (secondary N) is 1. The summed E-state index contributed by atoms with van der Waals surface area (Å²) in [5, 5.41) is 38.2. The highest BCUT2D eigenvalue weighted by Crippen LogP contribution is 2.18. The fraction of sp³-hybridized carbons (Fsp3) is 0.667. The number of rotatable bonds is 8. The van der Waals surface area contributed by atoms with Crippen LogP contribution in [-0.2, 0) is 0 Å². The minimum absolute atomic E-state index is 0.496. The van der Waals surface area contributed by atoms with Gasteiger partial charge in [-0.25, -0.2) is 0 Å². The minimum atomic E-state index is -1.94. The largest absolute Gasteiger partial charge is 0.330 e. The fourth-order valence-corrected chi connectivity index (χ4v) is 1.43. The molecule has 0 aromatic rings. The molecule has 0 amide bonds. The quantitative estimate of drug-likeness (QED) is 0.599. The molecule has 6 nitrogen and oxygen atoms in total. The summed E-state index contributed by atoms with van der Waals surface area (Å²) < 4.78 is 0. The first-order valence-corrected chi connectivity index (χ1v) is 5.77. The maximum absolute atomic E-state index is 8.91. The highest BCUT2D eigenvalue weighted by molar-refractivity contribution is 5.33. The molecular weight excluding hydrogens is 228 g/mol. The number of nitrogens with zero attached hydrogens (tertiary/aromatic N) is 4. The minimum Gasteiger partial charge on any atom is -0.330 e. The zero-order valence-electron chi connectivity index (χ0n) is 10.2. The van der Waals surface area contributed by atoms with Crippen LogP contribution in [0.15, 0.2) is 0 Å². The Hall–Kier alpha value is -2.12. The summed E-state index contributed by atoms with van der Waals surface area (Å²) in [5.41, 5.74) is 3.42. The van der Waals surface area contributed by atoms with Crippen molar-refractivity contribution in [3.63, 3.8) is 0 Å². The van der Waals surface area contributed by atoms with E-state index in [2.05, 4.69) is 5.32 Å². The zero-order chi connectivity index (χ0) is 13.9. The van der Waals surface area contributed by atoms with Gasteiger partial charge in [0, 0.05) is 0 Å². The molecule has 0 bridgehead atoms. The first-order valence-electron chi connectivity index (χ1n) is 5.77. The van der Waals surface area contributed by atoms with Gasteiger partial charge >= 0.3 is 0 Å². The van der Waals surface area contributed by atoms with Crippen LogP contribution in [0.2, 0.25) is 0 Å². The van der Waals surface area contributed by atoms with Crippen molar-refractivity contribution >= 4 is 0 Å². The fourth-order valence-electron chi connectivity index (χ4n) is 1.43. The molecule has 94 valence electrons. The molecule has 0 aliphatic carbocycles. The molecule has 0 saturated heterocycles. The topological polar surface area (TPSA) is 133 Å². The lowest BCUT2D eigenvalue weighted by molar-refractivity contribution is 0.468. The Labute approximate surface area is 107 Å². The van der Waals surface area contributed by atoms with Crippen LogP contribution in [0, 0.1) is 50.7 Å². The van der Waals surface area contributed by atoms with Crippen LogP contribution in [0.3, 0.4) is 0 Å². The van der Waals surface area contributed by atoms with Crippen molar-refractivity contribution in [2.45, 2.75) is 31.7 Å². The van der Waals surface area contributed by atoms with E-state index in [-0.39, 0.29) is 0 Å². The SMILES string of the molecule is N#CC(NCCCCCCN)C(C#N)(C#N)C#N. The first-order chi connectivity index (χ1) is 8.70. The van der Waals surface area contributed by atoms with Crippen LogP contribution in [0.5, 0.6) is 0 Å². The highest BCUT2D eigenvalue weighted by atomic mass is 14.9. The van der Waals surface area contributed by atoms with Crippen LogP contribution in [0.1, 0.15) is 25.7 Å². The van der Waals surface area contributed by atoms with Gasteiger partial charge in [-0.1, -0.05) is 12.8 Å². The second-order valence-corrected chi connectivity index (χ2v) is 3.86. The molecule has 0 aliphatic rings. The Morgan fingerprint density at radius 3 is 1.94 bits per heavy atom. The second-order valence-electron chi connectivity index (χ2n) is 3.86. The summed E-state index contributed by atoms with van der Waals surface area (Å²) in [6, 6.07) is 5.52. The molecule has 0 rings (SSSR count). The smallest absolute Gasteiger partial charge is 0.256 e. The zero-order valence-corrected chi connectivity index (χ0v) is 10.2. The Morgan fingerprint density at radius 2 is 1.50 bits per heavy atom. The van der Waals surface area contributed by atoms with Crippen LogP contribution >= 0.6 is 0 Å². The predicted molar refractivity (Wildman–Crippen MR) is 64.2 cm³/mol. The van der Waals surface area contributed by atoms with Gasteiger partial charge in [0.1, 0.15) is 24.2 Å². The van der Waals surface area contributed by atoms with Crippen molar-refractivity contribution < 1.29 is 0 Å². The molecule has 1 atom stereocenters. The lowest BCUT2D eigenvalue weighted by Crippen LogP contribution is -2.42. The van der Waals surface area contributed by atoms with E-state index < -0.39 is 11.5 Å². The Kier molecular flexibility index (Phi) is 7.91. The third kappa shape index (κ3) is 4.40. The standard InChI is InChI=1S/C12H16N6/c13-5-3-1-2-4-6-18-11(7-14)12(8-15,9-16)10-17/h11,18H,1-6,13H2. The molecule has 1 unspecified atom stereocenters. The normalized spacial score (nSPS) is 11.6. The van der Waals surface area contributed by atoms with E-state index in [0.29, 0.717) is 13.1 Å². The summed E-state index contributed by atoms with van der Waals surface area (Å²) >= 11 is 0. The van der Waals surface area contributed by atoms with Gasteiger partial charge in [0.15, 0.2) is 0 Å². The second kappa shape index (κ2) is 8.97. The van der Waals surface area contributed by atoms with E-state index in [1.807, 2.05) is 0 Å². The van der Waals surface area contributed by atoms with Crippen molar-refractivity contribution in [2.75, 3.05) is 13.1 Å². The van der Waals surface area contributed by atoms with E-state index in [1.165, 1.54) is 0 Å². The number of nitriles is 4. The van der Waals surface area contributed by atoms with E-state index in [4.69, 9.17) is 26.8 Å². The van der Waals surface area contributed by atoms with Gasteiger partial charge in [0.25, 0.3) is 5.41 Å². The average molecular weight is 244 g/mol. The molecule has 0 aliphatic heterocycles. The van der Waals surface area contributed by atoms with Gasteiger partial charge in [0.2, 0.25) is 0 Å². The summed E-state index contributed by atoms with van der Waals surface area (Å²) in [5.74, 6) is 0. The monoisotopic (exact) mass is 244 g/mol. The number of hydrogen-bond donors (Lipinski definition) is 2. The lowest BCUT2D eigenvalue weighted by atomic mass is 9.85. The third-order valence-electron chi connectivity index (χ3n) is 2.57. The first kappa shape index (κ1) is 15.9. The van der Waals surface area contributed by atoms with Gasteiger partial charge in [-0.15, -0.1) is 0 Å². The lowest BCUT2D eigenvalue weighted by Gasteiger charge is -2.17. The van der Waals surface area contributed by atoms with Crippen LogP contribution in [-0.4, -0.2) is 19.1 Å². The Morgan fingerprint density at radius 1 is 0.944 bits per heavy atom. The molecule has 0 heterocycles. The third-order valence-corrected chi connectivity index (χ3v) is 2.57. The molecule has 0 fully saturated rings. The molecule has 0 aromatic heterocycles. The van der Waals surface area contributed by atoms with Crippen LogP contribution in [0.25, 0.3) is 0 Å². The van der Waals surface area contributed by atoms with Gasteiger partial charge < -0.3 is 5.73 Å². The molecule has 0 aromatic carbocycles. The van der Waals surface area contributed by atoms with Crippen molar-refractivity contribution in [1.29, 1.82) is 21.0 Å². The molecule has 6 heteroatoms.